The number of carbonyl (C=O) groups is 2. The van der Waals surface area contributed by atoms with Crippen LogP contribution < -0.4 is 11.1 Å². The molecular formula is C11H13ClN2O4. The van der Waals surface area contributed by atoms with Crippen LogP contribution in [0.2, 0.25) is 5.02 Å². The van der Waals surface area contributed by atoms with Gasteiger partial charge in [-0.15, -0.1) is 0 Å². The van der Waals surface area contributed by atoms with Crippen molar-refractivity contribution >= 4 is 29.2 Å². The number of halogens is 1. The molecule has 1 atom stereocenters. The average molecular weight is 273 g/mol. The smallest absolute Gasteiger partial charge is 0.334 e. The fourth-order valence-corrected chi connectivity index (χ4v) is 1.41. The van der Waals surface area contributed by atoms with Crippen LogP contribution >= 0.6 is 11.6 Å². The van der Waals surface area contributed by atoms with Crippen molar-refractivity contribution in [1.82, 2.24) is 5.32 Å². The van der Waals surface area contributed by atoms with Gasteiger partial charge in [-0.25, -0.2) is 4.79 Å². The first-order chi connectivity index (χ1) is 8.45. The third-order valence-corrected chi connectivity index (χ3v) is 2.60. The van der Waals surface area contributed by atoms with Crippen LogP contribution in [0, 0.1) is 0 Å². The first-order valence-corrected chi connectivity index (χ1v) is 5.42. The number of aliphatic carboxylic acids is 1. The van der Waals surface area contributed by atoms with Gasteiger partial charge in [-0.2, -0.15) is 0 Å². The molecule has 1 aromatic carbocycles. The Balaban J connectivity index is 2.65. The highest BCUT2D eigenvalue weighted by Crippen LogP contribution is 2.19. The predicted octanol–water partition coefficient (Wildman–Crippen LogP) is 0.752. The molecule has 6 nitrogen and oxygen atoms in total. The number of amides is 1. The van der Waals surface area contributed by atoms with Gasteiger partial charge in [-0.3, -0.25) is 4.79 Å². The second kappa shape index (κ2) is 6.23. The summed E-state index contributed by atoms with van der Waals surface area (Å²) in [5.74, 6) is -1.59. The largest absolute Gasteiger partial charge is 0.479 e. The summed E-state index contributed by atoms with van der Waals surface area (Å²) >= 11 is 5.77. The number of ether oxygens (including phenoxy) is 1. The minimum absolute atomic E-state index is 0.132. The maximum Gasteiger partial charge on any atom is 0.334 e. The molecule has 0 bridgehead atoms. The lowest BCUT2D eigenvalue weighted by Gasteiger charge is -2.11. The lowest BCUT2D eigenvalue weighted by molar-refractivity contribution is -0.148. The molecule has 0 spiro atoms. The molecular weight excluding hydrogens is 260 g/mol. The summed E-state index contributed by atoms with van der Waals surface area (Å²) < 4.78 is 4.68. The van der Waals surface area contributed by atoms with E-state index in [9.17, 15) is 9.59 Å². The van der Waals surface area contributed by atoms with E-state index in [1.807, 2.05) is 0 Å². The molecule has 0 fully saturated rings. The van der Waals surface area contributed by atoms with Crippen molar-refractivity contribution in [2.24, 2.45) is 0 Å². The van der Waals surface area contributed by atoms with E-state index in [0.29, 0.717) is 11.3 Å². The molecule has 1 amide bonds. The van der Waals surface area contributed by atoms with Crippen molar-refractivity contribution in [2.75, 3.05) is 19.4 Å². The number of rotatable bonds is 5. The van der Waals surface area contributed by atoms with Crippen molar-refractivity contribution < 1.29 is 19.4 Å². The second-order valence-corrected chi connectivity index (χ2v) is 3.92. The van der Waals surface area contributed by atoms with Gasteiger partial charge in [-0.1, -0.05) is 11.6 Å². The van der Waals surface area contributed by atoms with Gasteiger partial charge in [0, 0.05) is 12.7 Å². The average Bonchev–Trinajstić information content (AvgIpc) is 2.32. The molecule has 1 unspecified atom stereocenters. The lowest BCUT2D eigenvalue weighted by atomic mass is 10.2. The quantitative estimate of drug-likeness (QED) is 0.687. The van der Waals surface area contributed by atoms with Crippen molar-refractivity contribution in [2.45, 2.75) is 6.10 Å². The van der Waals surface area contributed by atoms with Gasteiger partial charge < -0.3 is 20.9 Å². The molecule has 0 saturated carbocycles. The minimum atomic E-state index is -1.15. The predicted molar refractivity (Wildman–Crippen MR) is 66.6 cm³/mol. The SMILES string of the molecule is COC(CNC(=O)c1ccc(N)c(Cl)c1)C(=O)O. The van der Waals surface area contributed by atoms with Crippen molar-refractivity contribution in [3.8, 4) is 0 Å². The summed E-state index contributed by atoms with van der Waals surface area (Å²) in [5, 5.41) is 11.4. The standard InChI is InChI=1S/C11H13ClN2O4/c1-18-9(11(16)17)5-14-10(15)6-2-3-8(13)7(12)4-6/h2-4,9H,5,13H2,1H3,(H,14,15)(H,16,17). The number of hydrogen-bond acceptors (Lipinski definition) is 4. The zero-order valence-electron chi connectivity index (χ0n) is 9.64. The maximum atomic E-state index is 11.7. The molecule has 0 saturated heterocycles. The summed E-state index contributed by atoms with van der Waals surface area (Å²) in [4.78, 5) is 22.4. The van der Waals surface area contributed by atoms with Crippen LogP contribution in [0.5, 0.6) is 0 Å². The Morgan fingerprint density at radius 2 is 2.22 bits per heavy atom. The fourth-order valence-electron chi connectivity index (χ4n) is 1.23. The van der Waals surface area contributed by atoms with Gasteiger partial charge in [-0.05, 0) is 18.2 Å². The van der Waals surface area contributed by atoms with Gasteiger partial charge >= 0.3 is 5.97 Å². The highest BCUT2D eigenvalue weighted by atomic mass is 35.5. The zero-order valence-corrected chi connectivity index (χ0v) is 10.4. The first kappa shape index (κ1) is 14.3. The number of nitrogens with two attached hydrogens (primary N) is 1. The summed E-state index contributed by atoms with van der Waals surface area (Å²) in [6.45, 7) is -0.132. The summed E-state index contributed by atoms with van der Waals surface area (Å²) in [6, 6.07) is 4.41. The first-order valence-electron chi connectivity index (χ1n) is 5.04. The number of methoxy groups -OCH3 is 1. The van der Waals surface area contributed by atoms with E-state index in [2.05, 4.69) is 10.1 Å². The molecule has 0 aromatic heterocycles. The molecule has 0 aliphatic carbocycles. The highest BCUT2D eigenvalue weighted by molar-refractivity contribution is 6.33. The normalized spacial score (nSPS) is 11.9. The van der Waals surface area contributed by atoms with E-state index in [0.717, 1.165) is 0 Å². The number of carboxylic acids is 1. The Labute approximate surface area is 109 Å². The van der Waals surface area contributed by atoms with Crippen LogP contribution in [0.4, 0.5) is 5.69 Å². The second-order valence-electron chi connectivity index (χ2n) is 3.51. The van der Waals surface area contributed by atoms with Gasteiger partial charge in [0.15, 0.2) is 6.10 Å². The van der Waals surface area contributed by atoms with E-state index in [1.54, 1.807) is 0 Å². The summed E-state index contributed by atoms with van der Waals surface area (Å²) in [6.07, 6.45) is -1.08. The Bertz CT molecular complexity index is 464. The van der Waals surface area contributed by atoms with E-state index in [1.165, 1.54) is 25.3 Å². The lowest BCUT2D eigenvalue weighted by Crippen LogP contribution is -2.37. The number of nitrogen functional groups attached to an aromatic ring is 1. The van der Waals surface area contributed by atoms with Crippen molar-refractivity contribution in [3.63, 3.8) is 0 Å². The van der Waals surface area contributed by atoms with Crippen molar-refractivity contribution in [1.29, 1.82) is 0 Å². The van der Waals surface area contributed by atoms with Crippen LogP contribution in [0.1, 0.15) is 10.4 Å². The monoisotopic (exact) mass is 272 g/mol. The Kier molecular flexibility index (Phi) is 4.94. The number of carboxylic acid groups (broad SMARTS) is 1. The summed E-state index contributed by atoms with van der Waals surface area (Å²) in [7, 11) is 1.25. The third kappa shape index (κ3) is 3.61. The Hall–Kier alpha value is -1.79. The molecule has 18 heavy (non-hydrogen) atoms. The molecule has 0 aliphatic rings. The van der Waals surface area contributed by atoms with Crippen LogP contribution in [0.15, 0.2) is 18.2 Å². The molecule has 98 valence electrons. The zero-order chi connectivity index (χ0) is 13.7. The molecule has 1 aromatic rings. The van der Waals surface area contributed by atoms with Crippen LogP contribution in [-0.2, 0) is 9.53 Å². The van der Waals surface area contributed by atoms with E-state index < -0.39 is 18.0 Å². The van der Waals surface area contributed by atoms with E-state index in [4.69, 9.17) is 22.4 Å². The van der Waals surface area contributed by atoms with Gasteiger partial charge in [0.1, 0.15) is 0 Å². The molecule has 7 heteroatoms. The molecule has 4 N–H and O–H groups in total. The van der Waals surface area contributed by atoms with Gasteiger partial charge in [0.2, 0.25) is 0 Å². The highest BCUT2D eigenvalue weighted by Gasteiger charge is 2.17. The molecule has 0 radical (unpaired) electrons. The summed E-state index contributed by atoms with van der Waals surface area (Å²) in [5.41, 5.74) is 6.18. The molecule has 0 heterocycles. The minimum Gasteiger partial charge on any atom is -0.479 e. The van der Waals surface area contributed by atoms with Crippen LogP contribution in [-0.4, -0.2) is 36.7 Å². The van der Waals surface area contributed by atoms with Gasteiger partial charge in [0.05, 0.1) is 17.3 Å². The Morgan fingerprint density at radius 1 is 1.56 bits per heavy atom. The molecule has 0 aliphatic heterocycles. The third-order valence-electron chi connectivity index (χ3n) is 2.27. The number of hydrogen-bond donors (Lipinski definition) is 3. The number of benzene rings is 1. The number of carbonyl (C=O) groups excluding carboxylic acids is 1. The maximum absolute atomic E-state index is 11.7. The topological polar surface area (TPSA) is 102 Å². The fraction of sp³-hybridized carbons (Fsp3) is 0.273. The van der Waals surface area contributed by atoms with Crippen molar-refractivity contribution in [3.05, 3.63) is 28.8 Å². The molecule has 1 rings (SSSR count). The Morgan fingerprint density at radius 3 is 2.72 bits per heavy atom. The number of nitrogens with one attached hydrogen (secondary N) is 1. The van der Waals surface area contributed by atoms with E-state index in [-0.39, 0.29) is 11.6 Å². The van der Waals surface area contributed by atoms with E-state index >= 15 is 0 Å². The van der Waals surface area contributed by atoms with Crippen LogP contribution in [0.25, 0.3) is 0 Å². The number of anilines is 1. The van der Waals surface area contributed by atoms with Crippen LogP contribution in [0.3, 0.4) is 0 Å². The van der Waals surface area contributed by atoms with Gasteiger partial charge in [0.25, 0.3) is 5.91 Å².